The van der Waals surface area contributed by atoms with Gasteiger partial charge >= 0.3 is 6.09 Å². The number of benzene rings is 6. The molecule has 12 nitrogen and oxygen atoms in total. The molecule has 0 radical (unpaired) electrons. The molecule has 1 aliphatic heterocycles. The SMILES string of the molecule is CC(C)(C)OC(=O)N[C@@H](Cc1ccccc1)C(=O)N[C@@H]1N=C(c2ccccc2F)c2ccccc2N(Cc2nnnn2C(c2ccccc2)(c2ccccc2)c2ccccc2)C1=O. The molecular weight excluding hydrogens is 796 g/mol. The van der Waals surface area contributed by atoms with Gasteiger partial charge in [0.25, 0.3) is 5.91 Å². The van der Waals surface area contributed by atoms with Crippen LogP contribution in [0.5, 0.6) is 0 Å². The molecule has 8 rings (SSSR count). The summed E-state index contributed by atoms with van der Waals surface area (Å²) in [5, 5.41) is 19.0. The van der Waals surface area contributed by atoms with Gasteiger partial charge < -0.3 is 20.3 Å². The van der Waals surface area contributed by atoms with Crippen LogP contribution in [0.1, 0.15) is 60.0 Å². The van der Waals surface area contributed by atoms with Crippen LogP contribution in [-0.2, 0) is 32.8 Å². The molecule has 316 valence electrons. The molecule has 0 aliphatic carbocycles. The van der Waals surface area contributed by atoms with E-state index in [0.29, 0.717) is 17.1 Å². The number of ether oxygens (including phenoxy) is 1. The lowest BCUT2D eigenvalue weighted by Crippen LogP contribution is -2.55. The van der Waals surface area contributed by atoms with Crippen molar-refractivity contribution in [3.8, 4) is 0 Å². The van der Waals surface area contributed by atoms with E-state index in [1.165, 1.54) is 11.0 Å². The lowest BCUT2D eigenvalue weighted by molar-refractivity contribution is -0.128. The van der Waals surface area contributed by atoms with Crippen LogP contribution in [0.25, 0.3) is 0 Å². The zero-order chi connectivity index (χ0) is 44.0. The highest BCUT2D eigenvalue weighted by Crippen LogP contribution is 2.41. The number of tetrazole rings is 1. The predicted octanol–water partition coefficient (Wildman–Crippen LogP) is 7.61. The first-order chi connectivity index (χ1) is 30.5. The summed E-state index contributed by atoms with van der Waals surface area (Å²) < 4.78 is 23.1. The van der Waals surface area contributed by atoms with Crippen molar-refractivity contribution in [3.63, 3.8) is 0 Å². The molecule has 1 aliphatic rings. The number of benzodiazepines with no additional fused rings is 1. The Bertz CT molecular complexity index is 2650. The van der Waals surface area contributed by atoms with Crippen LogP contribution >= 0.6 is 0 Å². The summed E-state index contributed by atoms with van der Waals surface area (Å²) in [5.74, 6) is -1.65. The molecule has 2 heterocycles. The zero-order valence-corrected chi connectivity index (χ0v) is 34.9. The third-order valence-electron chi connectivity index (χ3n) is 10.6. The summed E-state index contributed by atoms with van der Waals surface area (Å²) in [5.41, 5.74) is 2.40. The minimum atomic E-state index is -1.61. The highest BCUT2D eigenvalue weighted by atomic mass is 19.1. The number of amides is 3. The van der Waals surface area contributed by atoms with Gasteiger partial charge in [-0.15, -0.1) is 5.10 Å². The smallest absolute Gasteiger partial charge is 0.408 e. The average Bonchev–Trinajstić information content (AvgIpc) is 3.72. The molecule has 13 heteroatoms. The van der Waals surface area contributed by atoms with E-state index in [-0.39, 0.29) is 24.2 Å². The maximum absolute atomic E-state index is 15.8. The molecule has 0 saturated heterocycles. The second-order valence-electron chi connectivity index (χ2n) is 16.0. The molecule has 0 spiro atoms. The third-order valence-corrected chi connectivity index (χ3v) is 10.6. The van der Waals surface area contributed by atoms with Gasteiger partial charge in [-0.2, -0.15) is 0 Å². The fourth-order valence-corrected chi connectivity index (χ4v) is 7.91. The number of hydrogen-bond acceptors (Lipinski definition) is 8. The first-order valence-electron chi connectivity index (χ1n) is 20.5. The standard InChI is InChI=1S/C50H45FN8O4/c1-49(2,3)63-48(62)52-41(32-34-20-8-4-9-21-34)46(60)54-45-47(61)58(42-31-19-17-29-39(42)44(53-45)38-28-16-18-30-40(38)51)33-43-55-56-57-59(43)50(35-22-10-5-11-23-35,36-24-12-6-13-25-36)37-26-14-7-15-27-37/h4-31,41,45H,32-33H2,1-3H3,(H,52,62)(H,54,60)/t41-,45-/m0/s1. The van der Waals surface area contributed by atoms with E-state index in [9.17, 15) is 9.59 Å². The molecule has 3 amide bonds. The molecule has 0 unspecified atom stereocenters. The largest absolute Gasteiger partial charge is 0.444 e. The number of aromatic nitrogens is 4. The van der Waals surface area contributed by atoms with Crippen molar-refractivity contribution in [1.82, 2.24) is 30.8 Å². The Labute approximate surface area is 364 Å². The number of carbonyl (C=O) groups excluding carboxylic acids is 3. The van der Waals surface area contributed by atoms with Crippen LogP contribution in [0.3, 0.4) is 0 Å². The number of carbonyl (C=O) groups is 3. The lowest BCUT2D eigenvalue weighted by Gasteiger charge is -2.37. The van der Waals surface area contributed by atoms with Gasteiger partial charge in [-0.1, -0.05) is 152 Å². The van der Waals surface area contributed by atoms with E-state index in [1.54, 1.807) is 67.9 Å². The molecular formula is C50H45FN8O4. The van der Waals surface area contributed by atoms with Crippen molar-refractivity contribution >= 4 is 29.3 Å². The Hall–Kier alpha value is -7.80. The number of halogens is 1. The fraction of sp³-hybridized carbons (Fsp3) is 0.180. The molecule has 0 fully saturated rings. The molecule has 7 aromatic rings. The first-order valence-corrected chi connectivity index (χ1v) is 20.5. The molecule has 6 aromatic carbocycles. The van der Waals surface area contributed by atoms with E-state index in [4.69, 9.17) is 9.73 Å². The summed E-state index contributed by atoms with van der Waals surface area (Å²) >= 11 is 0. The molecule has 0 saturated carbocycles. The Kier molecular flexibility index (Phi) is 12.0. The number of rotatable bonds is 12. The van der Waals surface area contributed by atoms with Gasteiger partial charge in [0, 0.05) is 17.5 Å². The highest BCUT2D eigenvalue weighted by Gasteiger charge is 2.43. The van der Waals surface area contributed by atoms with E-state index < -0.39 is 47.1 Å². The summed E-state index contributed by atoms with van der Waals surface area (Å²) in [6.45, 7) is 4.95. The number of nitrogens with one attached hydrogen (secondary N) is 2. The molecule has 0 bridgehead atoms. The van der Waals surface area contributed by atoms with Gasteiger partial charge in [0.15, 0.2) is 5.82 Å². The van der Waals surface area contributed by atoms with Gasteiger partial charge in [0.1, 0.15) is 23.0 Å². The van der Waals surface area contributed by atoms with Crippen molar-refractivity contribution in [2.75, 3.05) is 4.90 Å². The third kappa shape index (κ3) is 8.85. The number of aliphatic imine (C=N–C) groups is 1. The van der Waals surface area contributed by atoms with Gasteiger partial charge in [0.05, 0.1) is 17.9 Å². The summed E-state index contributed by atoms with van der Waals surface area (Å²) in [7, 11) is 0. The number of nitrogens with zero attached hydrogens (tertiary/aromatic N) is 6. The second-order valence-corrected chi connectivity index (χ2v) is 16.0. The summed E-state index contributed by atoms with van der Waals surface area (Å²) in [6.07, 6.45) is -2.36. The van der Waals surface area contributed by atoms with Gasteiger partial charge in [0.2, 0.25) is 12.1 Å². The number of para-hydroxylation sites is 1. The van der Waals surface area contributed by atoms with Crippen molar-refractivity contribution in [1.29, 1.82) is 0 Å². The predicted molar refractivity (Wildman–Crippen MR) is 237 cm³/mol. The Balaban J connectivity index is 1.26. The maximum atomic E-state index is 15.8. The minimum Gasteiger partial charge on any atom is -0.444 e. The van der Waals surface area contributed by atoms with Gasteiger partial charge in [-0.3, -0.25) is 9.59 Å². The number of fused-ring (bicyclic) bond motifs is 1. The molecule has 2 N–H and O–H groups in total. The normalized spacial score (nSPS) is 14.5. The summed E-state index contributed by atoms with van der Waals surface area (Å²) in [4.78, 5) is 49.3. The Morgan fingerprint density at radius 1 is 0.714 bits per heavy atom. The minimum absolute atomic E-state index is 0.0654. The van der Waals surface area contributed by atoms with Gasteiger partial charge in [-0.05, 0) is 71.7 Å². The lowest BCUT2D eigenvalue weighted by atomic mass is 9.77. The Morgan fingerprint density at radius 2 is 1.24 bits per heavy atom. The van der Waals surface area contributed by atoms with E-state index in [2.05, 4.69) is 26.2 Å². The fourth-order valence-electron chi connectivity index (χ4n) is 7.91. The molecule has 1 aromatic heterocycles. The van der Waals surface area contributed by atoms with Crippen molar-refractivity contribution in [2.24, 2.45) is 4.99 Å². The Morgan fingerprint density at radius 3 is 1.81 bits per heavy atom. The monoisotopic (exact) mass is 840 g/mol. The first kappa shape index (κ1) is 41.9. The maximum Gasteiger partial charge on any atom is 0.408 e. The second kappa shape index (κ2) is 18.0. The topological polar surface area (TPSA) is 144 Å². The quantitative estimate of drug-likeness (QED) is 0.121. The molecule has 2 atom stereocenters. The van der Waals surface area contributed by atoms with Crippen LogP contribution in [0.4, 0.5) is 14.9 Å². The van der Waals surface area contributed by atoms with Crippen LogP contribution in [-0.4, -0.2) is 61.6 Å². The van der Waals surface area contributed by atoms with Crippen LogP contribution in [0.2, 0.25) is 0 Å². The van der Waals surface area contributed by atoms with Crippen LogP contribution in [0.15, 0.2) is 175 Å². The highest BCUT2D eigenvalue weighted by molar-refractivity contribution is 6.20. The zero-order valence-electron chi connectivity index (χ0n) is 34.9. The van der Waals surface area contributed by atoms with E-state index in [0.717, 1.165) is 22.3 Å². The number of hydrogen-bond donors (Lipinski definition) is 2. The van der Waals surface area contributed by atoms with Crippen LogP contribution in [0, 0.1) is 5.82 Å². The molecule has 63 heavy (non-hydrogen) atoms. The number of alkyl carbamates (subject to hydrolysis) is 1. The van der Waals surface area contributed by atoms with Crippen molar-refractivity contribution in [2.45, 2.75) is 57.1 Å². The van der Waals surface area contributed by atoms with Crippen LogP contribution < -0.4 is 15.5 Å². The van der Waals surface area contributed by atoms with Gasteiger partial charge in [-0.25, -0.2) is 18.9 Å². The summed E-state index contributed by atoms with van der Waals surface area (Å²) in [6, 6.07) is 50.6. The van der Waals surface area contributed by atoms with Crippen molar-refractivity contribution < 1.29 is 23.5 Å². The van der Waals surface area contributed by atoms with Crippen molar-refractivity contribution in [3.05, 3.63) is 215 Å². The number of anilines is 1. The van der Waals surface area contributed by atoms with E-state index in [1.807, 2.05) is 121 Å². The average molecular weight is 841 g/mol. The van der Waals surface area contributed by atoms with E-state index >= 15 is 9.18 Å².